The van der Waals surface area contributed by atoms with E-state index in [1.54, 1.807) is 12.1 Å². The van der Waals surface area contributed by atoms with Crippen molar-refractivity contribution < 1.29 is 9.72 Å². The minimum Gasteiger partial charge on any atom is -0.364 e. The molecule has 29 heavy (non-hydrogen) atoms. The molecule has 0 aliphatic carbocycles. The van der Waals surface area contributed by atoms with Crippen molar-refractivity contribution in [3.63, 3.8) is 0 Å². The number of aryl methyl sites for hydroxylation is 1. The molecule has 0 N–H and O–H groups in total. The number of ketones is 1. The molecule has 0 fully saturated rings. The highest BCUT2D eigenvalue weighted by Gasteiger charge is 2.29. The van der Waals surface area contributed by atoms with Crippen molar-refractivity contribution in [3.05, 3.63) is 106 Å². The Morgan fingerprint density at radius 1 is 1.00 bits per heavy atom. The van der Waals surface area contributed by atoms with Crippen LogP contribution in [0.5, 0.6) is 0 Å². The molecule has 0 amide bonds. The monoisotopic (exact) mass is 386 g/mol. The van der Waals surface area contributed by atoms with Gasteiger partial charge in [0.25, 0.3) is 5.69 Å². The number of anilines is 1. The number of Topliss-reactive ketones (excluding diaryl/α,β-unsaturated/α-hetero) is 1. The molecule has 0 bridgehead atoms. The van der Waals surface area contributed by atoms with Gasteiger partial charge in [0.1, 0.15) is 0 Å². The first-order chi connectivity index (χ1) is 14.1. The maximum atomic E-state index is 12.9. The Balaban J connectivity index is 1.65. The van der Waals surface area contributed by atoms with Crippen molar-refractivity contribution in [2.45, 2.75) is 31.8 Å². The van der Waals surface area contributed by atoms with Crippen molar-refractivity contribution in [2.75, 3.05) is 4.90 Å². The lowest BCUT2D eigenvalue weighted by atomic mass is 9.90. The SMILES string of the molecule is O=C(CC1CCc2cc([N+](=O)[O-])ccc2N1Cc1ccccc1)c1ccccc1. The maximum Gasteiger partial charge on any atom is 0.269 e. The van der Waals surface area contributed by atoms with Gasteiger partial charge in [-0.15, -0.1) is 0 Å². The molecule has 1 aliphatic rings. The van der Waals surface area contributed by atoms with E-state index in [1.807, 2.05) is 54.6 Å². The van der Waals surface area contributed by atoms with Gasteiger partial charge in [-0.3, -0.25) is 14.9 Å². The molecule has 3 aromatic rings. The van der Waals surface area contributed by atoms with E-state index in [1.165, 1.54) is 0 Å². The van der Waals surface area contributed by atoms with Gasteiger partial charge in [-0.1, -0.05) is 60.7 Å². The van der Waals surface area contributed by atoms with E-state index in [2.05, 4.69) is 17.0 Å². The fourth-order valence-electron chi connectivity index (χ4n) is 4.00. The van der Waals surface area contributed by atoms with Crippen LogP contribution in [0.15, 0.2) is 78.9 Å². The second-order valence-corrected chi connectivity index (χ2v) is 7.37. The predicted octanol–water partition coefficient (Wildman–Crippen LogP) is 5.19. The largest absolute Gasteiger partial charge is 0.364 e. The minimum atomic E-state index is -0.354. The summed E-state index contributed by atoms with van der Waals surface area (Å²) in [6, 6.07) is 24.6. The van der Waals surface area contributed by atoms with Crippen LogP contribution >= 0.6 is 0 Å². The van der Waals surface area contributed by atoms with Crippen LogP contribution in [0.2, 0.25) is 0 Å². The predicted molar refractivity (Wildman–Crippen MR) is 113 cm³/mol. The lowest BCUT2D eigenvalue weighted by Gasteiger charge is -2.39. The number of nitro groups is 1. The Labute approximate surface area is 169 Å². The Hall–Kier alpha value is -3.47. The third kappa shape index (κ3) is 4.19. The van der Waals surface area contributed by atoms with Crippen molar-refractivity contribution >= 4 is 17.2 Å². The smallest absolute Gasteiger partial charge is 0.269 e. The van der Waals surface area contributed by atoms with E-state index in [0.717, 1.165) is 35.2 Å². The number of non-ortho nitro benzene ring substituents is 1. The Morgan fingerprint density at radius 2 is 1.69 bits per heavy atom. The Kier molecular flexibility index (Phi) is 5.38. The average Bonchev–Trinajstić information content (AvgIpc) is 2.76. The van der Waals surface area contributed by atoms with Gasteiger partial charge < -0.3 is 4.90 Å². The van der Waals surface area contributed by atoms with Crippen LogP contribution in [0.4, 0.5) is 11.4 Å². The molecule has 146 valence electrons. The molecular formula is C24H22N2O3. The summed E-state index contributed by atoms with van der Waals surface area (Å²) in [4.78, 5) is 25.9. The molecule has 0 aromatic heterocycles. The molecule has 1 heterocycles. The molecule has 1 aliphatic heterocycles. The van der Waals surface area contributed by atoms with Crippen LogP contribution < -0.4 is 4.90 Å². The number of hydrogen-bond donors (Lipinski definition) is 0. The lowest BCUT2D eigenvalue weighted by molar-refractivity contribution is -0.384. The fraction of sp³-hybridized carbons (Fsp3) is 0.208. The Morgan fingerprint density at radius 3 is 2.38 bits per heavy atom. The molecule has 5 nitrogen and oxygen atoms in total. The highest BCUT2D eigenvalue weighted by atomic mass is 16.6. The summed E-state index contributed by atoms with van der Waals surface area (Å²) >= 11 is 0. The zero-order valence-corrected chi connectivity index (χ0v) is 16.0. The number of benzene rings is 3. The van der Waals surface area contributed by atoms with Crippen LogP contribution in [-0.4, -0.2) is 16.7 Å². The minimum absolute atomic E-state index is 0.0527. The first-order valence-corrected chi connectivity index (χ1v) is 9.78. The van der Waals surface area contributed by atoms with Crippen molar-refractivity contribution in [1.29, 1.82) is 0 Å². The van der Waals surface area contributed by atoms with Gasteiger partial charge in [0.2, 0.25) is 0 Å². The number of hydrogen-bond acceptors (Lipinski definition) is 4. The molecule has 1 unspecified atom stereocenters. The first kappa shape index (κ1) is 18.9. The van der Waals surface area contributed by atoms with E-state index < -0.39 is 0 Å². The van der Waals surface area contributed by atoms with Crippen molar-refractivity contribution in [1.82, 2.24) is 0 Å². The van der Waals surface area contributed by atoms with Gasteiger partial charge in [0.05, 0.1) is 4.92 Å². The van der Waals surface area contributed by atoms with Crippen LogP contribution in [0, 0.1) is 10.1 Å². The Bertz CT molecular complexity index is 1020. The van der Waals surface area contributed by atoms with Crippen LogP contribution in [0.25, 0.3) is 0 Å². The third-order valence-corrected chi connectivity index (χ3v) is 5.48. The zero-order chi connectivity index (χ0) is 20.2. The van der Waals surface area contributed by atoms with Gasteiger partial charge in [-0.05, 0) is 30.0 Å². The van der Waals surface area contributed by atoms with Gasteiger partial charge in [0, 0.05) is 42.4 Å². The second kappa shape index (κ2) is 8.27. The topological polar surface area (TPSA) is 63.4 Å². The fourth-order valence-corrected chi connectivity index (χ4v) is 4.00. The molecule has 3 aromatic carbocycles. The number of rotatable bonds is 6. The molecular weight excluding hydrogens is 364 g/mol. The molecule has 4 rings (SSSR count). The molecule has 1 atom stereocenters. The second-order valence-electron chi connectivity index (χ2n) is 7.37. The average molecular weight is 386 g/mol. The summed E-state index contributed by atoms with van der Waals surface area (Å²) in [5.41, 5.74) is 3.94. The molecule has 0 spiro atoms. The van der Waals surface area contributed by atoms with Crippen LogP contribution in [0.3, 0.4) is 0 Å². The van der Waals surface area contributed by atoms with Crippen LogP contribution in [0.1, 0.15) is 34.3 Å². The normalized spacial score (nSPS) is 15.6. The highest BCUT2D eigenvalue weighted by molar-refractivity contribution is 5.96. The number of carbonyl (C=O) groups is 1. The summed E-state index contributed by atoms with van der Waals surface area (Å²) in [5.74, 6) is 0.124. The van der Waals surface area contributed by atoms with Gasteiger partial charge in [-0.2, -0.15) is 0 Å². The van der Waals surface area contributed by atoms with E-state index in [4.69, 9.17) is 0 Å². The summed E-state index contributed by atoms with van der Waals surface area (Å²) in [6.07, 6.45) is 1.95. The van der Waals surface area contributed by atoms with E-state index in [-0.39, 0.29) is 22.4 Å². The summed E-state index contributed by atoms with van der Waals surface area (Å²) in [5, 5.41) is 11.2. The van der Waals surface area contributed by atoms with Gasteiger partial charge in [-0.25, -0.2) is 0 Å². The number of carbonyl (C=O) groups excluding carboxylic acids is 1. The summed E-state index contributed by atoms with van der Waals surface area (Å²) in [7, 11) is 0. The van der Waals surface area contributed by atoms with Gasteiger partial charge in [0.15, 0.2) is 5.78 Å². The van der Waals surface area contributed by atoms with Crippen LogP contribution in [-0.2, 0) is 13.0 Å². The zero-order valence-electron chi connectivity index (χ0n) is 16.0. The lowest BCUT2D eigenvalue weighted by Crippen LogP contribution is -2.40. The van der Waals surface area contributed by atoms with E-state index in [9.17, 15) is 14.9 Å². The standard InChI is InChI=1S/C24H22N2O3/c27-24(19-9-5-2-6-10-19)16-21-12-11-20-15-22(26(28)29)13-14-23(20)25(21)17-18-7-3-1-4-8-18/h1-10,13-15,21H,11-12,16-17H2. The third-order valence-electron chi connectivity index (χ3n) is 5.48. The summed E-state index contributed by atoms with van der Waals surface area (Å²) < 4.78 is 0. The molecule has 5 heteroatoms. The molecule has 0 saturated heterocycles. The number of fused-ring (bicyclic) bond motifs is 1. The maximum absolute atomic E-state index is 12.9. The molecule has 0 saturated carbocycles. The van der Waals surface area contributed by atoms with Crippen molar-refractivity contribution in [2.24, 2.45) is 0 Å². The summed E-state index contributed by atoms with van der Waals surface area (Å²) in [6.45, 7) is 0.665. The van der Waals surface area contributed by atoms with E-state index >= 15 is 0 Å². The quantitative estimate of drug-likeness (QED) is 0.332. The number of nitrogens with zero attached hydrogens (tertiary/aromatic N) is 2. The van der Waals surface area contributed by atoms with E-state index in [0.29, 0.717) is 13.0 Å². The first-order valence-electron chi connectivity index (χ1n) is 9.78. The molecule has 0 radical (unpaired) electrons. The van der Waals surface area contributed by atoms with Gasteiger partial charge >= 0.3 is 0 Å². The number of nitro benzene ring substituents is 1. The van der Waals surface area contributed by atoms with Crippen molar-refractivity contribution in [3.8, 4) is 0 Å². The highest BCUT2D eigenvalue weighted by Crippen LogP contribution is 2.36.